The van der Waals surface area contributed by atoms with Gasteiger partial charge in [0, 0.05) is 24.4 Å². The van der Waals surface area contributed by atoms with Crippen molar-refractivity contribution in [2.45, 2.75) is 37.4 Å². The van der Waals surface area contributed by atoms with Crippen LogP contribution in [0.25, 0.3) is 17.1 Å². The highest BCUT2D eigenvalue weighted by Gasteiger charge is 2.19. The number of ether oxygens (including phenoxy) is 1. The van der Waals surface area contributed by atoms with Gasteiger partial charge < -0.3 is 10.1 Å². The number of carbonyl (C=O) groups excluding carboxylic acids is 1. The van der Waals surface area contributed by atoms with Gasteiger partial charge in [0.05, 0.1) is 11.9 Å². The molecule has 1 aromatic heterocycles. The predicted molar refractivity (Wildman–Crippen MR) is 119 cm³/mol. The van der Waals surface area contributed by atoms with E-state index >= 15 is 0 Å². The van der Waals surface area contributed by atoms with Crippen LogP contribution in [0.2, 0.25) is 0 Å². The second kappa shape index (κ2) is 9.91. The minimum atomic E-state index is -0.0207. The fourth-order valence-electron chi connectivity index (χ4n) is 3.47. The minimum Gasteiger partial charge on any atom is -0.376 e. The van der Waals surface area contributed by atoms with E-state index in [1.807, 2.05) is 34.9 Å². The number of nitrogens with zero attached hydrogens (tertiary/aromatic N) is 3. The van der Waals surface area contributed by atoms with Gasteiger partial charge in [0.1, 0.15) is 0 Å². The molecule has 4 rings (SSSR count). The van der Waals surface area contributed by atoms with Crippen LogP contribution in [0.1, 0.15) is 25.3 Å². The number of aryl methyl sites for hydroxylation is 1. The SMILES string of the molecule is CCc1ccc(-n2c(SCC(=O)NC[C@@H]3CCCO3)nnc2-c2ccccc2)cc1. The first-order chi connectivity index (χ1) is 14.7. The summed E-state index contributed by atoms with van der Waals surface area (Å²) in [5.41, 5.74) is 3.24. The molecule has 1 fully saturated rings. The highest BCUT2D eigenvalue weighted by molar-refractivity contribution is 7.99. The van der Waals surface area contributed by atoms with Gasteiger partial charge in [0.2, 0.25) is 5.91 Å². The highest BCUT2D eigenvalue weighted by Crippen LogP contribution is 2.28. The average molecular weight is 423 g/mol. The molecule has 1 saturated heterocycles. The highest BCUT2D eigenvalue weighted by atomic mass is 32.2. The molecule has 30 heavy (non-hydrogen) atoms. The monoisotopic (exact) mass is 422 g/mol. The summed E-state index contributed by atoms with van der Waals surface area (Å²) in [6.45, 7) is 3.50. The van der Waals surface area contributed by atoms with Crippen molar-refractivity contribution in [1.29, 1.82) is 0 Å². The first kappa shape index (κ1) is 20.6. The smallest absolute Gasteiger partial charge is 0.230 e. The largest absolute Gasteiger partial charge is 0.376 e. The lowest BCUT2D eigenvalue weighted by Gasteiger charge is -2.12. The third kappa shape index (κ3) is 4.91. The molecule has 1 amide bonds. The third-order valence-corrected chi connectivity index (χ3v) is 6.08. The molecule has 1 N–H and O–H groups in total. The zero-order valence-electron chi connectivity index (χ0n) is 17.1. The maximum atomic E-state index is 12.3. The fraction of sp³-hybridized carbons (Fsp3) is 0.348. The second-order valence-corrected chi connectivity index (χ2v) is 8.20. The van der Waals surface area contributed by atoms with Crippen LogP contribution in [0.3, 0.4) is 0 Å². The Kier molecular flexibility index (Phi) is 6.81. The summed E-state index contributed by atoms with van der Waals surface area (Å²) in [6.07, 6.45) is 3.21. The Balaban J connectivity index is 1.53. The molecule has 156 valence electrons. The molecule has 6 nitrogen and oxygen atoms in total. The topological polar surface area (TPSA) is 69.0 Å². The first-order valence-electron chi connectivity index (χ1n) is 10.4. The standard InChI is InChI=1S/C23H26N4O2S/c1-2-17-10-12-19(13-11-17)27-22(18-7-4-3-5-8-18)25-26-23(27)30-16-21(28)24-15-20-9-6-14-29-20/h3-5,7-8,10-13,20H,2,6,9,14-16H2,1H3,(H,24,28)/t20-/m0/s1. The van der Waals surface area contributed by atoms with E-state index in [1.54, 1.807) is 0 Å². The molecule has 2 aromatic carbocycles. The minimum absolute atomic E-state index is 0.0207. The van der Waals surface area contributed by atoms with E-state index in [1.165, 1.54) is 17.3 Å². The van der Waals surface area contributed by atoms with E-state index in [4.69, 9.17) is 4.74 Å². The normalized spacial score (nSPS) is 16.0. The van der Waals surface area contributed by atoms with E-state index in [0.717, 1.165) is 42.9 Å². The number of benzene rings is 2. The zero-order chi connectivity index (χ0) is 20.8. The van der Waals surface area contributed by atoms with Gasteiger partial charge in [0.15, 0.2) is 11.0 Å². The van der Waals surface area contributed by atoms with E-state index < -0.39 is 0 Å². The van der Waals surface area contributed by atoms with Crippen LogP contribution in [0.15, 0.2) is 59.8 Å². The summed E-state index contributed by atoms with van der Waals surface area (Å²) >= 11 is 1.39. The van der Waals surface area contributed by atoms with Crippen LogP contribution in [-0.4, -0.2) is 45.7 Å². The van der Waals surface area contributed by atoms with Crippen LogP contribution >= 0.6 is 11.8 Å². The van der Waals surface area contributed by atoms with Crippen LogP contribution in [0.4, 0.5) is 0 Å². The number of rotatable bonds is 8. The van der Waals surface area contributed by atoms with Gasteiger partial charge in [-0.1, -0.05) is 61.2 Å². The van der Waals surface area contributed by atoms with Crippen LogP contribution in [0, 0.1) is 0 Å². The number of aromatic nitrogens is 3. The Morgan fingerprint density at radius 2 is 1.97 bits per heavy atom. The van der Waals surface area contributed by atoms with Crippen molar-refractivity contribution in [3.8, 4) is 17.1 Å². The van der Waals surface area contributed by atoms with Gasteiger partial charge in [-0.15, -0.1) is 10.2 Å². The Labute approximate surface area is 181 Å². The summed E-state index contributed by atoms with van der Waals surface area (Å²) in [6, 6.07) is 18.4. The predicted octanol–water partition coefficient (Wildman–Crippen LogP) is 3.88. The first-order valence-corrected chi connectivity index (χ1v) is 11.3. The lowest BCUT2D eigenvalue weighted by molar-refractivity contribution is -0.119. The summed E-state index contributed by atoms with van der Waals surface area (Å²) < 4.78 is 7.59. The van der Waals surface area contributed by atoms with Crippen LogP contribution < -0.4 is 5.32 Å². The summed E-state index contributed by atoms with van der Waals surface area (Å²) in [7, 11) is 0. The number of carbonyl (C=O) groups is 1. The van der Waals surface area contributed by atoms with Crippen molar-refractivity contribution in [3.05, 3.63) is 60.2 Å². The molecular weight excluding hydrogens is 396 g/mol. The van der Waals surface area contributed by atoms with Crippen molar-refractivity contribution in [2.75, 3.05) is 18.9 Å². The van der Waals surface area contributed by atoms with E-state index in [0.29, 0.717) is 11.7 Å². The Bertz CT molecular complexity index is 967. The molecule has 0 aliphatic carbocycles. The number of hydrogen-bond acceptors (Lipinski definition) is 5. The van der Waals surface area contributed by atoms with Crippen molar-refractivity contribution in [3.63, 3.8) is 0 Å². The molecule has 0 bridgehead atoms. The maximum Gasteiger partial charge on any atom is 0.230 e. The van der Waals surface area contributed by atoms with E-state index in [-0.39, 0.29) is 17.8 Å². The third-order valence-electron chi connectivity index (χ3n) is 5.15. The van der Waals surface area contributed by atoms with E-state index in [9.17, 15) is 4.79 Å². The molecule has 1 aliphatic heterocycles. The molecule has 0 unspecified atom stereocenters. The Morgan fingerprint density at radius 3 is 2.67 bits per heavy atom. The number of amides is 1. The second-order valence-electron chi connectivity index (χ2n) is 7.26. The summed E-state index contributed by atoms with van der Waals surface area (Å²) in [5, 5.41) is 12.5. The van der Waals surface area contributed by atoms with Crippen LogP contribution in [-0.2, 0) is 16.0 Å². The Hall–Kier alpha value is -2.64. The average Bonchev–Trinajstić information content (AvgIpc) is 3.47. The quantitative estimate of drug-likeness (QED) is 0.558. The van der Waals surface area contributed by atoms with Crippen molar-refractivity contribution >= 4 is 17.7 Å². The van der Waals surface area contributed by atoms with Gasteiger partial charge >= 0.3 is 0 Å². The Morgan fingerprint density at radius 1 is 1.17 bits per heavy atom. The van der Waals surface area contributed by atoms with Gasteiger partial charge in [-0.2, -0.15) is 0 Å². The summed E-state index contributed by atoms with van der Waals surface area (Å²) in [4.78, 5) is 12.3. The van der Waals surface area contributed by atoms with Crippen molar-refractivity contribution in [2.24, 2.45) is 0 Å². The van der Waals surface area contributed by atoms with Crippen LogP contribution in [0.5, 0.6) is 0 Å². The molecule has 7 heteroatoms. The maximum absolute atomic E-state index is 12.3. The van der Waals surface area contributed by atoms with Crippen molar-refractivity contribution in [1.82, 2.24) is 20.1 Å². The van der Waals surface area contributed by atoms with Gasteiger partial charge in [-0.3, -0.25) is 9.36 Å². The molecule has 1 atom stereocenters. The molecule has 1 aliphatic rings. The molecule has 0 saturated carbocycles. The van der Waals surface area contributed by atoms with Gasteiger partial charge in [0.25, 0.3) is 0 Å². The number of thioether (sulfide) groups is 1. The summed E-state index contributed by atoms with van der Waals surface area (Å²) in [5.74, 6) is 1.03. The van der Waals surface area contributed by atoms with Gasteiger partial charge in [-0.25, -0.2) is 0 Å². The number of hydrogen-bond donors (Lipinski definition) is 1. The fourth-order valence-corrected chi connectivity index (χ4v) is 4.25. The van der Waals surface area contributed by atoms with E-state index in [2.05, 4.69) is 46.7 Å². The lowest BCUT2D eigenvalue weighted by atomic mass is 10.1. The molecular formula is C23H26N4O2S. The zero-order valence-corrected chi connectivity index (χ0v) is 17.9. The molecule has 0 radical (unpaired) electrons. The lowest BCUT2D eigenvalue weighted by Crippen LogP contribution is -2.32. The molecule has 2 heterocycles. The molecule has 3 aromatic rings. The molecule has 0 spiro atoms. The number of nitrogens with one attached hydrogen (secondary N) is 1. The van der Waals surface area contributed by atoms with Crippen molar-refractivity contribution < 1.29 is 9.53 Å². The van der Waals surface area contributed by atoms with Gasteiger partial charge in [-0.05, 0) is 37.0 Å².